The summed E-state index contributed by atoms with van der Waals surface area (Å²) in [7, 11) is 0. The summed E-state index contributed by atoms with van der Waals surface area (Å²) in [4.78, 5) is 0. The standard InChI is InChI=1S/C24H16NS.K/c1-16-11-13-20-19-9-5-6-10-23(19)26-24(20)25-22-14-12-18(15-21(16)22)17-7-3-2-4-8-17;/h2-15H,1H2;/q-1;+1/b13-11-;. The third-order valence-corrected chi connectivity index (χ3v) is 5.82. The second-order valence-corrected chi connectivity index (χ2v) is 7.42. The first-order valence-corrected chi connectivity index (χ1v) is 9.41. The second kappa shape index (κ2) is 7.88. The Morgan fingerprint density at radius 2 is 1.56 bits per heavy atom. The molecule has 0 unspecified atom stereocenters. The number of hydrogen-bond donors (Lipinski definition) is 0. The first-order valence-electron chi connectivity index (χ1n) is 8.60. The van der Waals surface area contributed by atoms with Crippen LogP contribution in [0.4, 0.5) is 10.7 Å². The molecule has 124 valence electrons. The number of fused-ring (bicyclic) bond motifs is 4. The van der Waals surface area contributed by atoms with Crippen LogP contribution in [0.3, 0.4) is 0 Å². The van der Waals surface area contributed by atoms with Crippen molar-refractivity contribution in [1.82, 2.24) is 0 Å². The summed E-state index contributed by atoms with van der Waals surface area (Å²) >= 11 is 1.74. The number of allylic oxidation sites excluding steroid dienone is 2. The molecule has 4 aromatic rings. The molecule has 0 atom stereocenters. The summed E-state index contributed by atoms with van der Waals surface area (Å²) in [6.07, 6.45) is 4.26. The molecule has 0 radical (unpaired) electrons. The van der Waals surface area contributed by atoms with Crippen molar-refractivity contribution in [2.75, 3.05) is 0 Å². The van der Waals surface area contributed by atoms with Crippen LogP contribution >= 0.6 is 11.3 Å². The first-order chi connectivity index (χ1) is 12.8. The molecule has 5 rings (SSSR count). The molecule has 2 heterocycles. The Morgan fingerprint density at radius 1 is 0.778 bits per heavy atom. The van der Waals surface area contributed by atoms with Gasteiger partial charge < -0.3 is 5.32 Å². The van der Waals surface area contributed by atoms with Crippen LogP contribution in [-0.2, 0) is 0 Å². The molecule has 0 amide bonds. The summed E-state index contributed by atoms with van der Waals surface area (Å²) in [5.41, 5.74) is 6.63. The van der Waals surface area contributed by atoms with Crippen LogP contribution < -0.4 is 51.4 Å². The van der Waals surface area contributed by atoms with Gasteiger partial charge in [0.15, 0.2) is 0 Å². The van der Waals surface area contributed by atoms with Crippen LogP contribution in [-0.4, -0.2) is 0 Å². The van der Waals surface area contributed by atoms with Gasteiger partial charge in [-0.1, -0.05) is 84.4 Å². The Labute approximate surface area is 205 Å². The predicted octanol–water partition coefficient (Wildman–Crippen LogP) is 4.95. The van der Waals surface area contributed by atoms with Crippen molar-refractivity contribution in [3.8, 4) is 11.1 Å². The van der Waals surface area contributed by atoms with Crippen molar-refractivity contribution >= 4 is 43.8 Å². The second-order valence-electron chi connectivity index (χ2n) is 6.39. The maximum absolute atomic E-state index is 4.99. The summed E-state index contributed by atoms with van der Waals surface area (Å²) < 4.78 is 1.26. The van der Waals surface area contributed by atoms with E-state index in [2.05, 4.69) is 85.5 Å². The van der Waals surface area contributed by atoms with E-state index in [9.17, 15) is 0 Å². The summed E-state index contributed by atoms with van der Waals surface area (Å²) in [5.74, 6) is 0. The van der Waals surface area contributed by atoms with Gasteiger partial charge in [-0.3, -0.25) is 0 Å². The van der Waals surface area contributed by atoms with E-state index in [4.69, 9.17) is 5.32 Å². The van der Waals surface area contributed by atoms with Gasteiger partial charge in [0.2, 0.25) is 0 Å². The smallest absolute Gasteiger partial charge is 0.648 e. The molecule has 1 aromatic heterocycles. The fourth-order valence-electron chi connectivity index (χ4n) is 3.38. The van der Waals surface area contributed by atoms with Crippen molar-refractivity contribution in [2.24, 2.45) is 0 Å². The molecule has 1 aliphatic rings. The van der Waals surface area contributed by atoms with E-state index < -0.39 is 0 Å². The SMILES string of the molecule is C=C1/C=C\c2c(sc3ccccc23)[N-]c2ccc(-c3ccccc3)cc21.[K+]. The fourth-order valence-corrected chi connectivity index (χ4v) is 4.46. The molecule has 0 N–H and O–H groups in total. The molecule has 1 nitrogen and oxygen atoms in total. The largest absolute Gasteiger partial charge is 1.00 e. The van der Waals surface area contributed by atoms with Crippen molar-refractivity contribution < 1.29 is 51.4 Å². The molecule has 3 heteroatoms. The van der Waals surface area contributed by atoms with Gasteiger partial charge in [-0.15, -0.1) is 5.69 Å². The normalized spacial score (nSPS) is 13.6. The van der Waals surface area contributed by atoms with Crippen LogP contribution in [0, 0.1) is 0 Å². The Balaban J connectivity index is 0.00000180. The summed E-state index contributed by atoms with van der Waals surface area (Å²) in [6, 6.07) is 25.3. The zero-order valence-electron chi connectivity index (χ0n) is 15.1. The molecule has 0 aliphatic carbocycles. The first kappa shape index (κ1) is 18.9. The number of nitrogens with zero attached hydrogens (tertiary/aromatic N) is 1. The van der Waals surface area contributed by atoms with E-state index in [-0.39, 0.29) is 51.4 Å². The zero-order valence-corrected chi connectivity index (χ0v) is 19.1. The molecule has 0 fully saturated rings. The summed E-state index contributed by atoms with van der Waals surface area (Å²) in [6.45, 7) is 4.29. The third-order valence-electron chi connectivity index (χ3n) is 4.74. The van der Waals surface area contributed by atoms with Crippen LogP contribution in [0.25, 0.3) is 38.2 Å². The van der Waals surface area contributed by atoms with E-state index >= 15 is 0 Å². The average molecular weight is 390 g/mol. The summed E-state index contributed by atoms with van der Waals surface area (Å²) in [5, 5.41) is 7.30. The molecule has 0 spiro atoms. The van der Waals surface area contributed by atoms with Gasteiger partial charge in [0, 0.05) is 4.70 Å². The Bertz CT molecular complexity index is 1170. The molecular formula is C24H16KNS. The quantitative estimate of drug-likeness (QED) is 0.409. The maximum atomic E-state index is 4.99. The Morgan fingerprint density at radius 3 is 2.41 bits per heavy atom. The van der Waals surface area contributed by atoms with E-state index in [1.807, 2.05) is 6.07 Å². The van der Waals surface area contributed by atoms with Gasteiger partial charge in [-0.2, -0.15) is 11.3 Å². The van der Waals surface area contributed by atoms with Crippen LogP contribution in [0.15, 0.2) is 85.5 Å². The topological polar surface area (TPSA) is 14.1 Å². The van der Waals surface area contributed by atoms with Crippen molar-refractivity contribution in [1.29, 1.82) is 0 Å². The van der Waals surface area contributed by atoms with E-state index in [1.54, 1.807) is 11.3 Å². The Kier molecular flexibility index (Phi) is 5.51. The molecule has 1 aliphatic heterocycles. The number of thiophene rings is 1. The van der Waals surface area contributed by atoms with Gasteiger partial charge in [-0.25, -0.2) is 0 Å². The van der Waals surface area contributed by atoms with Gasteiger partial charge >= 0.3 is 51.4 Å². The minimum Gasteiger partial charge on any atom is -0.648 e. The fraction of sp³-hybridized carbons (Fsp3) is 0. The third kappa shape index (κ3) is 3.52. The predicted molar refractivity (Wildman–Crippen MR) is 114 cm³/mol. The molecule has 0 bridgehead atoms. The maximum Gasteiger partial charge on any atom is 1.00 e. The van der Waals surface area contributed by atoms with Crippen molar-refractivity contribution in [3.63, 3.8) is 0 Å². The molecule has 3 aromatic carbocycles. The minimum absolute atomic E-state index is 0. The number of rotatable bonds is 1. The molecule has 0 saturated carbocycles. The molecule has 27 heavy (non-hydrogen) atoms. The monoisotopic (exact) mass is 389 g/mol. The molecule has 0 saturated heterocycles. The number of hydrogen-bond acceptors (Lipinski definition) is 1. The van der Waals surface area contributed by atoms with Gasteiger partial charge in [0.25, 0.3) is 0 Å². The van der Waals surface area contributed by atoms with Gasteiger partial charge in [-0.05, 0) is 45.3 Å². The van der Waals surface area contributed by atoms with Gasteiger partial charge in [0.1, 0.15) is 0 Å². The van der Waals surface area contributed by atoms with E-state index in [0.717, 1.165) is 21.8 Å². The Hall–Kier alpha value is -1.46. The average Bonchev–Trinajstić information content (AvgIpc) is 3.02. The van der Waals surface area contributed by atoms with Crippen LogP contribution in [0.2, 0.25) is 0 Å². The van der Waals surface area contributed by atoms with Crippen LogP contribution in [0.1, 0.15) is 11.1 Å². The van der Waals surface area contributed by atoms with Gasteiger partial charge in [0.05, 0.1) is 0 Å². The van der Waals surface area contributed by atoms with Crippen molar-refractivity contribution in [3.05, 3.63) is 102 Å². The van der Waals surface area contributed by atoms with E-state index in [1.165, 1.54) is 26.8 Å². The minimum atomic E-state index is 0. The molecular weight excluding hydrogens is 373 g/mol. The number of benzene rings is 3. The van der Waals surface area contributed by atoms with E-state index in [0.29, 0.717) is 0 Å². The zero-order chi connectivity index (χ0) is 17.5. The van der Waals surface area contributed by atoms with Crippen LogP contribution in [0.5, 0.6) is 0 Å². The van der Waals surface area contributed by atoms with Crippen molar-refractivity contribution in [2.45, 2.75) is 0 Å².